The Balaban J connectivity index is 2.54. The highest BCUT2D eigenvalue weighted by Crippen LogP contribution is 2.24. The predicted molar refractivity (Wildman–Crippen MR) is 58.3 cm³/mol. The van der Waals surface area contributed by atoms with E-state index in [0.29, 0.717) is 23.0 Å². The summed E-state index contributed by atoms with van der Waals surface area (Å²) < 4.78 is 13.5. The molecule has 1 heterocycles. The van der Waals surface area contributed by atoms with Crippen LogP contribution >= 0.6 is 11.6 Å². The molecule has 15 heavy (non-hydrogen) atoms. The van der Waals surface area contributed by atoms with Crippen molar-refractivity contribution in [3.05, 3.63) is 41.6 Å². The van der Waals surface area contributed by atoms with Crippen LogP contribution in [0.3, 0.4) is 0 Å². The number of nitrogens with one attached hydrogen (secondary N) is 1. The molecule has 1 N–H and O–H groups in total. The van der Waals surface area contributed by atoms with Crippen molar-refractivity contribution in [2.45, 2.75) is 12.8 Å². The number of benzene rings is 1. The monoisotopic (exact) mass is 224 g/mol. The van der Waals surface area contributed by atoms with Crippen LogP contribution < -0.4 is 0 Å². The molecule has 0 fully saturated rings. The Kier molecular flexibility index (Phi) is 2.73. The van der Waals surface area contributed by atoms with Gasteiger partial charge >= 0.3 is 0 Å². The summed E-state index contributed by atoms with van der Waals surface area (Å²) in [6.45, 7) is 1.85. The van der Waals surface area contributed by atoms with Gasteiger partial charge in [-0.3, -0.25) is 0 Å². The van der Waals surface area contributed by atoms with E-state index in [1.54, 1.807) is 18.2 Å². The van der Waals surface area contributed by atoms with E-state index in [-0.39, 0.29) is 5.82 Å². The Morgan fingerprint density at radius 1 is 1.40 bits per heavy atom. The lowest BCUT2D eigenvalue weighted by Gasteiger charge is -1.99. The zero-order valence-corrected chi connectivity index (χ0v) is 8.98. The van der Waals surface area contributed by atoms with Crippen molar-refractivity contribution in [1.82, 2.24) is 9.97 Å². The van der Waals surface area contributed by atoms with Gasteiger partial charge in [-0.15, -0.1) is 11.6 Å². The van der Waals surface area contributed by atoms with Crippen LogP contribution in [0.5, 0.6) is 0 Å². The predicted octanol–water partition coefficient (Wildman–Crippen LogP) is 3.26. The highest BCUT2D eigenvalue weighted by Gasteiger charge is 2.11. The van der Waals surface area contributed by atoms with Crippen LogP contribution in [-0.4, -0.2) is 9.97 Å². The van der Waals surface area contributed by atoms with Crippen LogP contribution in [0.4, 0.5) is 4.39 Å². The second-order valence-corrected chi connectivity index (χ2v) is 3.54. The summed E-state index contributed by atoms with van der Waals surface area (Å²) in [4.78, 5) is 7.24. The molecule has 0 amide bonds. The van der Waals surface area contributed by atoms with Gasteiger partial charge in [-0.05, 0) is 19.1 Å². The maximum Gasteiger partial charge on any atom is 0.132 e. The molecule has 0 atom stereocenters. The lowest BCUT2D eigenvalue weighted by Crippen LogP contribution is -1.86. The molecule has 4 heteroatoms. The summed E-state index contributed by atoms with van der Waals surface area (Å²) in [5.74, 6) is 0.690. The molecule has 0 unspecified atom stereocenters. The number of aryl methyl sites for hydroxylation is 1. The summed E-state index contributed by atoms with van der Waals surface area (Å²) >= 11 is 5.65. The molecule has 0 radical (unpaired) electrons. The fraction of sp³-hybridized carbons (Fsp3) is 0.182. The number of halogens is 2. The first kappa shape index (κ1) is 10.2. The quantitative estimate of drug-likeness (QED) is 0.780. The van der Waals surface area contributed by atoms with Gasteiger partial charge in [0.2, 0.25) is 0 Å². The van der Waals surface area contributed by atoms with E-state index in [0.717, 1.165) is 5.69 Å². The first-order valence-electron chi connectivity index (χ1n) is 4.58. The average Bonchev–Trinajstić information content (AvgIpc) is 2.60. The average molecular weight is 225 g/mol. The number of hydrogen-bond acceptors (Lipinski definition) is 1. The topological polar surface area (TPSA) is 28.7 Å². The van der Waals surface area contributed by atoms with E-state index < -0.39 is 0 Å². The number of rotatable bonds is 2. The molecule has 2 aromatic rings. The van der Waals surface area contributed by atoms with Gasteiger partial charge in [-0.2, -0.15) is 0 Å². The van der Waals surface area contributed by atoms with Crippen LogP contribution in [0, 0.1) is 12.7 Å². The second-order valence-electron chi connectivity index (χ2n) is 3.27. The second kappa shape index (κ2) is 4.03. The zero-order chi connectivity index (χ0) is 10.8. The maximum atomic E-state index is 13.5. The van der Waals surface area contributed by atoms with Gasteiger partial charge in [0.15, 0.2) is 0 Å². The number of nitrogens with zero attached hydrogens (tertiary/aromatic N) is 1. The largest absolute Gasteiger partial charge is 0.345 e. The Bertz CT molecular complexity index is 479. The molecule has 2 nitrogen and oxygen atoms in total. The number of alkyl halides is 1. The third-order valence-corrected chi connectivity index (χ3v) is 2.44. The van der Waals surface area contributed by atoms with E-state index in [1.165, 1.54) is 6.07 Å². The normalized spacial score (nSPS) is 10.6. The van der Waals surface area contributed by atoms with E-state index in [4.69, 9.17) is 11.6 Å². The number of imidazole rings is 1. The number of H-pyrrole nitrogens is 1. The molecular formula is C11H10ClFN2. The minimum atomic E-state index is -0.270. The minimum absolute atomic E-state index is 0.270. The summed E-state index contributed by atoms with van der Waals surface area (Å²) in [6.07, 6.45) is 0. The molecule has 0 saturated carbocycles. The molecular weight excluding hydrogens is 215 g/mol. The van der Waals surface area contributed by atoms with Crippen molar-refractivity contribution < 1.29 is 4.39 Å². The molecule has 0 aliphatic carbocycles. The lowest BCUT2D eigenvalue weighted by atomic mass is 10.1. The molecule has 78 valence electrons. The maximum absolute atomic E-state index is 13.5. The molecule has 0 spiro atoms. The first-order valence-corrected chi connectivity index (χ1v) is 5.12. The zero-order valence-electron chi connectivity index (χ0n) is 8.22. The summed E-state index contributed by atoms with van der Waals surface area (Å²) in [6, 6.07) is 6.57. The molecule has 1 aromatic carbocycles. The highest BCUT2D eigenvalue weighted by atomic mass is 35.5. The molecule has 0 bridgehead atoms. The fourth-order valence-electron chi connectivity index (χ4n) is 1.50. The summed E-state index contributed by atoms with van der Waals surface area (Å²) in [7, 11) is 0. The number of hydrogen-bond donors (Lipinski definition) is 1. The van der Waals surface area contributed by atoms with Crippen molar-refractivity contribution >= 4 is 11.6 Å². The minimum Gasteiger partial charge on any atom is -0.345 e. The molecule has 0 aliphatic rings. The van der Waals surface area contributed by atoms with Crippen LogP contribution in [0.1, 0.15) is 11.5 Å². The fourth-order valence-corrected chi connectivity index (χ4v) is 1.63. The van der Waals surface area contributed by atoms with Gasteiger partial charge in [0.25, 0.3) is 0 Å². The molecule has 1 aromatic heterocycles. The van der Waals surface area contributed by atoms with Gasteiger partial charge in [0, 0.05) is 11.3 Å². The highest BCUT2D eigenvalue weighted by molar-refractivity contribution is 6.16. The number of aromatic amines is 1. The van der Waals surface area contributed by atoms with Crippen LogP contribution in [0.2, 0.25) is 0 Å². The van der Waals surface area contributed by atoms with Crippen molar-refractivity contribution in [1.29, 1.82) is 0 Å². The molecule has 0 saturated heterocycles. The van der Waals surface area contributed by atoms with Gasteiger partial charge < -0.3 is 4.98 Å². The Morgan fingerprint density at radius 3 is 2.73 bits per heavy atom. The van der Waals surface area contributed by atoms with Gasteiger partial charge in [0.05, 0.1) is 11.6 Å². The third-order valence-electron chi connectivity index (χ3n) is 2.19. The molecule has 0 aliphatic heterocycles. The van der Waals surface area contributed by atoms with E-state index >= 15 is 0 Å². The van der Waals surface area contributed by atoms with Crippen LogP contribution in [0.15, 0.2) is 24.3 Å². The Morgan fingerprint density at radius 2 is 2.13 bits per heavy atom. The van der Waals surface area contributed by atoms with E-state index in [2.05, 4.69) is 9.97 Å². The van der Waals surface area contributed by atoms with Crippen molar-refractivity contribution in [2.24, 2.45) is 0 Å². The van der Waals surface area contributed by atoms with Crippen molar-refractivity contribution in [2.75, 3.05) is 0 Å². The van der Waals surface area contributed by atoms with E-state index in [1.807, 2.05) is 6.92 Å². The van der Waals surface area contributed by atoms with Crippen LogP contribution in [-0.2, 0) is 5.88 Å². The summed E-state index contributed by atoms with van der Waals surface area (Å²) in [5, 5.41) is 0. The van der Waals surface area contributed by atoms with Crippen molar-refractivity contribution in [3.8, 4) is 11.3 Å². The van der Waals surface area contributed by atoms with Gasteiger partial charge in [-0.25, -0.2) is 9.37 Å². The number of aromatic nitrogens is 2. The summed E-state index contributed by atoms with van der Waals surface area (Å²) in [5.41, 5.74) is 1.96. The Labute approximate surface area is 92.1 Å². The van der Waals surface area contributed by atoms with Gasteiger partial charge in [-0.1, -0.05) is 12.1 Å². The molecule has 2 rings (SSSR count). The Hall–Kier alpha value is -1.35. The SMILES string of the molecule is Cc1[nH]c(CCl)nc1-c1ccccc1F. The first-order chi connectivity index (χ1) is 7.22. The van der Waals surface area contributed by atoms with E-state index in [9.17, 15) is 4.39 Å². The van der Waals surface area contributed by atoms with Crippen molar-refractivity contribution in [3.63, 3.8) is 0 Å². The van der Waals surface area contributed by atoms with Crippen LogP contribution in [0.25, 0.3) is 11.3 Å². The lowest BCUT2D eigenvalue weighted by molar-refractivity contribution is 0.630. The van der Waals surface area contributed by atoms with Gasteiger partial charge in [0.1, 0.15) is 11.6 Å². The smallest absolute Gasteiger partial charge is 0.132 e. The third kappa shape index (κ3) is 1.88. The standard InChI is InChI=1S/C11H10ClFN2/c1-7-11(15-10(6-12)14-7)8-4-2-3-5-9(8)13/h2-5H,6H2,1H3,(H,14,15).